The normalized spacial score (nSPS) is 19.0. The molecule has 0 aromatic heterocycles. The number of benzene rings is 1. The van der Waals surface area contributed by atoms with E-state index in [1.165, 1.54) is 4.90 Å². The van der Waals surface area contributed by atoms with Gasteiger partial charge in [-0.1, -0.05) is 11.6 Å². The Morgan fingerprint density at radius 3 is 2.83 bits per heavy atom. The Kier molecular flexibility index (Phi) is 3.30. The van der Waals surface area contributed by atoms with E-state index in [1.54, 1.807) is 32.4 Å². The maximum atomic E-state index is 11.8. The molecular weight excluding hydrogens is 254 g/mol. The Morgan fingerprint density at radius 2 is 2.28 bits per heavy atom. The highest BCUT2D eigenvalue weighted by Crippen LogP contribution is 2.35. The van der Waals surface area contributed by atoms with Gasteiger partial charge < -0.3 is 9.64 Å². The van der Waals surface area contributed by atoms with Crippen molar-refractivity contribution in [2.24, 2.45) is 0 Å². The van der Waals surface area contributed by atoms with Gasteiger partial charge in [-0.25, -0.2) is 9.69 Å². The molecule has 1 saturated heterocycles. The van der Waals surface area contributed by atoms with Crippen LogP contribution in [-0.4, -0.2) is 36.5 Å². The summed E-state index contributed by atoms with van der Waals surface area (Å²) < 4.78 is 5.27. The lowest BCUT2D eigenvalue weighted by molar-refractivity contribution is 0.205. The summed E-state index contributed by atoms with van der Waals surface area (Å²) in [5, 5.41) is 9.44. The number of likely N-dealkylation sites (N-methyl/N-ethyl adjacent to an activating group) is 1. The molecule has 0 aliphatic carbocycles. The first kappa shape index (κ1) is 12.5. The Bertz CT molecular complexity index is 527. The average molecular weight is 266 g/mol. The fraction of sp³-hybridized carbons (Fsp3) is 0.333. The smallest absolute Gasteiger partial charge is 0.333 e. The number of halogens is 1. The van der Waals surface area contributed by atoms with E-state index in [2.05, 4.69) is 0 Å². The zero-order valence-corrected chi connectivity index (χ0v) is 10.8. The number of urea groups is 1. The maximum absolute atomic E-state index is 11.8. The van der Waals surface area contributed by atoms with E-state index < -0.39 is 0 Å². The summed E-state index contributed by atoms with van der Waals surface area (Å²) in [4.78, 5) is 14.4. The van der Waals surface area contributed by atoms with Crippen LogP contribution in [0.15, 0.2) is 18.2 Å². The average Bonchev–Trinajstić information content (AvgIpc) is 2.66. The van der Waals surface area contributed by atoms with Crippen LogP contribution in [0.25, 0.3) is 0 Å². The summed E-state index contributed by atoms with van der Waals surface area (Å²) in [5.41, 5.74) is 0.804. The van der Waals surface area contributed by atoms with Gasteiger partial charge in [0, 0.05) is 17.6 Å². The van der Waals surface area contributed by atoms with Crippen LogP contribution in [0.1, 0.15) is 11.6 Å². The van der Waals surface area contributed by atoms with E-state index in [4.69, 9.17) is 21.6 Å². The van der Waals surface area contributed by atoms with Crippen molar-refractivity contribution in [2.75, 3.05) is 20.7 Å². The van der Waals surface area contributed by atoms with Gasteiger partial charge in [0.15, 0.2) is 6.19 Å². The fourth-order valence-corrected chi connectivity index (χ4v) is 2.23. The van der Waals surface area contributed by atoms with Gasteiger partial charge in [0.1, 0.15) is 5.75 Å². The molecule has 1 fully saturated rings. The van der Waals surface area contributed by atoms with Crippen molar-refractivity contribution in [3.05, 3.63) is 28.8 Å². The molecule has 18 heavy (non-hydrogen) atoms. The molecule has 2 rings (SSSR count). The quantitative estimate of drug-likeness (QED) is 0.771. The second kappa shape index (κ2) is 4.75. The molecule has 2 amide bonds. The highest BCUT2D eigenvalue weighted by Gasteiger charge is 2.37. The highest BCUT2D eigenvalue weighted by atomic mass is 35.5. The van der Waals surface area contributed by atoms with Gasteiger partial charge in [-0.15, -0.1) is 0 Å². The zero-order valence-electron chi connectivity index (χ0n) is 10.1. The Morgan fingerprint density at radius 1 is 1.56 bits per heavy atom. The molecule has 0 bridgehead atoms. The van der Waals surface area contributed by atoms with Crippen molar-refractivity contribution in [1.29, 1.82) is 5.26 Å². The molecule has 0 saturated carbocycles. The van der Waals surface area contributed by atoms with E-state index in [0.717, 1.165) is 10.5 Å². The highest BCUT2D eigenvalue weighted by molar-refractivity contribution is 6.30. The standard InChI is InChI=1S/C12H12ClN3O2/c1-15-10(6-16(7-14)12(15)17)9-5-8(13)3-4-11(9)18-2/h3-5,10H,6H2,1-2H3. The molecule has 1 aliphatic rings. The Balaban J connectivity index is 2.41. The second-order valence-electron chi connectivity index (χ2n) is 4.01. The lowest BCUT2D eigenvalue weighted by atomic mass is 10.1. The SMILES string of the molecule is COc1ccc(Cl)cc1C1CN(C#N)C(=O)N1C. The molecule has 1 heterocycles. The van der Waals surface area contributed by atoms with Crippen LogP contribution in [-0.2, 0) is 0 Å². The number of amides is 2. The molecule has 1 unspecified atom stereocenters. The van der Waals surface area contributed by atoms with Crippen LogP contribution in [0, 0.1) is 11.5 Å². The summed E-state index contributed by atoms with van der Waals surface area (Å²) in [6.07, 6.45) is 1.86. The van der Waals surface area contributed by atoms with Crippen molar-refractivity contribution in [3.8, 4) is 11.9 Å². The predicted molar refractivity (Wildman–Crippen MR) is 66.2 cm³/mol. The van der Waals surface area contributed by atoms with E-state index in [1.807, 2.05) is 6.19 Å². The molecule has 1 aliphatic heterocycles. The van der Waals surface area contributed by atoms with Crippen molar-refractivity contribution < 1.29 is 9.53 Å². The van der Waals surface area contributed by atoms with E-state index in [-0.39, 0.29) is 12.1 Å². The minimum absolute atomic E-state index is 0.231. The second-order valence-corrected chi connectivity index (χ2v) is 4.44. The van der Waals surface area contributed by atoms with Crippen molar-refractivity contribution in [1.82, 2.24) is 9.80 Å². The lowest BCUT2D eigenvalue weighted by Gasteiger charge is -2.20. The van der Waals surface area contributed by atoms with Gasteiger partial charge in [-0.3, -0.25) is 0 Å². The van der Waals surface area contributed by atoms with Gasteiger partial charge in [0.25, 0.3) is 0 Å². The van der Waals surface area contributed by atoms with Crippen LogP contribution in [0.3, 0.4) is 0 Å². The van der Waals surface area contributed by atoms with Gasteiger partial charge in [0.2, 0.25) is 0 Å². The van der Waals surface area contributed by atoms with Crippen molar-refractivity contribution in [3.63, 3.8) is 0 Å². The number of carbonyl (C=O) groups excluding carboxylic acids is 1. The molecule has 0 N–H and O–H groups in total. The molecule has 1 aromatic carbocycles. The van der Waals surface area contributed by atoms with Gasteiger partial charge in [-0.2, -0.15) is 5.26 Å². The largest absolute Gasteiger partial charge is 0.496 e. The number of rotatable bonds is 2. The molecule has 1 atom stereocenters. The number of nitrogens with zero attached hydrogens (tertiary/aromatic N) is 3. The van der Waals surface area contributed by atoms with Gasteiger partial charge in [-0.05, 0) is 18.2 Å². The van der Waals surface area contributed by atoms with Crippen molar-refractivity contribution in [2.45, 2.75) is 6.04 Å². The Labute approximate surface area is 110 Å². The number of carbonyl (C=O) groups is 1. The minimum Gasteiger partial charge on any atom is -0.496 e. The van der Waals surface area contributed by atoms with Crippen LogP contribution >= 0.6 is 11.6 Å². The molecule has 0 radical (unpaired) electrons. The lowest BCUT2D eigenvalue weighted by Crippen LogP contribution is -2.26. The number of hydrogen-bond acceptors (Lipinski definition) is 3. The molecule has 6 heteroatoms. The van der Waals surface area contributed by atoms with E-state index >= 15 is 0 Å². The van der Waals surface area contributed by atoms with E-state index in [0.29, 0.717) is 17.3 Å². The zero-order chi connectivity index (χ0) is 13.3. The third kappa shape index (κ3) is 1.95. The third-order valence-electron chi connectivity index (χ3n) is 3.03. The van der Waals surface area contributed by atoms with Gasteiger partial charge >= 0.3 is 6.03 Å². The van der Waals surface area contributed by atoms with Gasteiger partial charge in [0.05, 0.1) is 19.7 Å². The summed E-state index contributed by atoms with van der Waals surface area (Å²) in [6, 6.07) is 4.69. The summed E-state index contributed by atoms with van der Waals surface area (Å²) in [6.45, 7) is 0.308. The monoisotopic (exact) mass is 265 g/mol. The molecule has 94 valence electrons. The van der Waals surface area contributed by atoms with Crippen LogP contribution in [0.4, 0.5) is 4.79 Å². The number of nitriles is 1. The van der Waals surface area contributed by atoms with Crippen LogP contribution in [0.2, 0.25) is 5.02 Å². The molecule has 5 nitrogen and oxygen atoms in total. The maximum Gasteiger partial charge on any atom is 0.333 e. The number of hydrogen-bond donors (Lipinski definition) is 0. The van der Waals surface area contributed by atoms with E-state index in [9.17, 15) is 4.79 Å². The number of ether oxygens (including phenoxy) is 1. The number of methoxy groups -OCH3 is 1. The summed E-state index contributed by atoms with van der Waals surface area (Å²) >= 11 is 5.97. The molecular formula is C12H12ClN3O2. The first-order valence-electron chi connectivity index (χ1n) is 5.36. The predicted octanol–water partition coefficient (Wildman–Crippen LogP) is 2.24. The summed E-state index contributed by atoms with van der Waals surface area (Å²) in [5.74, 6) is 0.656. The van der Waals surface area contributed by atoms with Crippen LogP contribution < -0.4 is 4.74 Å². The third-order valence-corrected chi connectivity index (χ3v) is 3.26. The topological polar surface area (TPSA) is 56.6 Å². The summed E-state index contributed by atoms with van der Waals surface area (Å²) in [7, 11) is 3.22. The first-order valence-corrected chi connectivity index (χ1v) is 5.73. The van der Waals surface area contributed by atoms with Crippen molar-refractivity contribution >= 4 is 17.6 Å². The molecule has 0 spiro atoms. The van der Waals surface area contributed by atoms with Crippen LogP contribution in [0.5, 0.6) is 5.75 Å². The Hall–Kier alpha value is -1.93. The minimum atomic E-state index is -0.315. The fourth-order valence-electron chi connectivity index (χ4n) is 2.05. The first-order chi connectivity index (χ1) is 8.58. The molecule has 1 aromatic rings.